The van der Waals surface area contributed by atoms with E-state index in [-0.39, 0.29) is 24.2 Å². The predicted octanol–water partition coefficient (Wildman–Crippen LogP) is 4.64. The Labute approximate surface area is 232 Å². The first-order chi connectivity index (χ1) is 19.3. The summed E-state index contributed by atoms with van der Waals surface area (Å²) in [4.78, 5) is 33.3. The van der Waals surface area contributed by atoms with Crippen LogP contribution in [0, 0.1) is 17.2 Å². The quantitative estimate of drug-likeness (QED) is 0.219. The smallest absolute Gasteiger partial charge is 0.324 e. The molecule has 10 nitrogen and oxygen atoms in total. The Hall–Kier alpha value is -5.01. The van der Waals surface area contributed by atoms with E-state index in [4.69, 9.17) is 20.2 Å². The summed E-state index contributed by atoms with van der Waals surface area (Å²) in [5.74, 6) is -0.307. The third-order valence-corrected chi connectivity index (χ3v) is 6.70. The maximum Gasteiger partial charge on any atom is 0.324 e. The van der Waals surface area contributed by atoms with Crippen molar-refractivity contribution in [1.29, 1.82) is 5.26 Å². The Kier molecular flexibility index (Phi) is 8.57. The number of esters is 1. The number of hydrogen-bond acceptors (Lipinski definition) is 8. The summed E-state index contributed by atoms with van der Waals surface area (Å²) in [6, 6.07) is 12.1. The fourth-order valence-corrected chi connectivity index (χ4v) is 4.18. The normalized spacial score (nSPS) is 12.3. The molecule has 3 heterocycles. The lowest BCUT2D eigenvalue weighted by Gasteiger charge is -2.17. The number of carbonyl (C=O) groups is 2. The Bertz CT molecular complexity index is 1620. The van der Waals surface area contributed by atoms with E-state index in [2.05, 4.69) is 22.9 Å². The molecule has 4 aromatic rings. The monoisotopic (exact) mass is 538 g/mol. The molecule has 0 bridgehead atoms. The van der Waals surface area contributed by atoms with Gasteiger partial charge in [0, 0.05) is 46.9 Å². The summed E-state index contributed by atoms with van der Waals surface area (Å²) in [7, 11) is 1.54. The van der Waals surface area contributed by atoms with Gasteiger partial charge in [0.25, 0.3) is 0 Å². The van der Waals surface area contributed by atoms with Gasteiger partial charge < -0.3 is 20.5 Å². The zero-order chi connectivity index (χ0) is 28.8. The van der Waals surface area contributed by atoms with E-state index < -0.39 is 12.0 Å². The molecule has 0 radical (unpaired) electrons. The number of pyridine rings is 2. The lowest BCUT2D eigenvalue weighted by atomic mass is 10.0. The highest BCUT2D eigenvalue weighted by atomic mass is 16.5. The second kappa shape index (κ2) is 12.2. The van der Waals surface area contributed by atoms with E-state index in [9.17, 15) is 14.9 Å². The van der Waals surface area contributed by atoms with Crippen LogP contribution >= 0.6 is 0 Å². The van der Waals surface area contributed by atoms with Gasteiger partial charge in [-0.15, -0.1) is 0 Å². The van der Waals surface area contributed by atoms with E-state index in [1.165, 1.54) is 6.08 Å². The summed E-state index contributed by atoms with van der Waals surface area (Å²) < 4.78 is 12.7. The minimum absolute atomic E-state index is 0.0182. The first-order valence-electron chi connectivity index (χ1n) is 12.7. The van der Waals surface area contributed by atoms with Crippen molar-refractivity contribution in [1.82, 2.24) is 14.5 Å². The number of benzene rings is 1. The molecule has 204 valence electrons. The van der Waals surface area contributed by atoms with Gasteiger partial charge in [0.1, 0.15) is 29.2 Å². The van der Waals surface area contributed by atoms with Crippen molar-refractivity contribution in [3.05, 3.63) is 73.3 Å². The molecule has 3 aromatic heterocycles. The van der Waals surface area contributed by atoms with Crippen LogP contribution in [0.25, 0.3) is 33.3 Å². The van der Waals surface area contributed by atoms with E-state index in [1.807, 2.05) is 38.2 Å². The second-order valence-electron chi connectivity index (χ2n) is 9.30. The molecule has 2 unspecified atom stereocenters. The lowest BCUT2D eigenvalue weighted by molar-refractivity contribution is -0.150. The third kappa shape index (κ3) is 6.00. The number of aromatic nitrogens is 3. The van der Waals surface area contributed by atoms with Gasteiger partial charge in [0.05, 0.1) is 7.11 Å². The molecule has 4 rings (SSSR count). The van der Waals surface area contributed by atoms with Gasteiger partial charge in [-0.1, -0.05) is 26.8 Å². The topological polar surface area (TPSA) is 145 Å². The number of nitrogens with zero attached hydrogens (tertiary/aromatic N) is 4. The molecule has 40 heavy (non-hydrogen) atoms. The van der Waals surface area contributed by atoms with E-state index in [1.54, 1.807) is 42.3 Å². The van der Waals surface area contributed by atoms with Crippen molar-refractivity contribution >= 4 is 28.6 Å². The van der Waals surface area contributed by atoms with Crippen LogP contribution in [0.1, 0.15) is 26.0 Å². The van der Waals surface area contributed by atoms with E-state index >= 15 is 0 Å². The molecule has 0 aliphatic carbocycles. The number of anilines is 1. The van der Waals surface area contributed by atoms with Crippen LogP contribution in [0.5, 0.6) is 5.75 Å². The van der Waals surface area contributed by atoms with Gasteiger partial charge in [0.2, 0.25) is 5.91 Å². The first-order valence-corrected chi connectivity index (χ1v) is 12.7. The number of amides is 1. The summed E-state index contributed by atoms with van der Waals surface area (Å²) in [6.45, 7) is 7.28. The number of nitrogens with one attached hydrogen (secondary N) is 1. The molecule has 0 aliphatic heterocycles. The van der Waals surface area contributed by atoms with Gasteiger partial charge in [-0.05, 0) is 53.5 Å². The van der Waals surface area contributed by atoms with Crippen molar-refractivity contribution < 1.29 is 19.1 Å². The highest BCUT2D eigenvalue weighted by Crippen LogP contribution is 2.35. The molecule has 0 fully saturated rings. The zero-order valence-electron chi connectivity index (χ0n) is 22.5. The van der Waals surface area contributed by atoms with Gasteiger partial charge in [-0.3, -0.25) is 14.2 Å². The molecular formula is C30H30N6O4. The number of nitriles is 1. The maximum atomic E-state index is 12.6. The standard InChI is InChI=1S/C30H30N6O4/c1-5-18(3)28(32)30(38)40-17-36-16-26(19-7-8-33-23(9-19)14-31)25-12-21(15-34-29(25)36)20-10-22(35-27(37)6-2)13-24(11-20)39-4/h6-13,15-16,18,28H,2,5,17,32H2,1,3-4H3,(H,35,37). The van der Waals surface area contributed by atoms with Crippen molar-refractivity contribution in [3.8, 4) is 34.1 Å². The van der Waals surface area contributed by atoms with Crippen LogP contribution in [0.4, 0.5) is 5.69 Å². The molecule has 0 aliphatic rings. The van der Waals surface area contributed by atoms with Crippen molar-refractivity contribution in [2.75, 3.05) is 12.4 Å². The number of carbonyl (C=O) groups excluding carboxylic acids is 2. The van der Waals surface area contributed by atoms with Gasteiger partial charge in [0.15, 0.2) is 6.73 Å². The molecule has 2 atom stereocenters. The SMILES string of the molecule is C=CC(=O)Nc1cc(OC)cc(-c2cnc3c(c2)c(-c2ccnc(C#N)c2)cn3COC(=O)C(N)C(C)CC)c1. The predicted molar refractivity (Wildman–Crippen MR) is 152 cm³/mol. The lowest BCUT2D eigenvalue weighted by Crippen LogP contribution is -2.38. The molecule has 0 spiro atoms. The summed E-state index contributed by atoms with van der Waals surface area (Å²) in [5.41, 5.74) is 10.5. The molecule has 0 saturated carbocycles. The fourth-order valence-electron chi connectivity index (χ4n) is 4.18. The van der Waals surface area contributed by atoms with Crippen LogP contribution in [0.3, 0.4) is 0 Å². The van der Waals surface area contributed by atoms with E-state index in [0.717, 1.165) is 34.1 Å². The number of ether oxygens (including phenoxy) is 2. The number of rotatable bonds is 10. The van der Waals surface area contributed by atoms with E-state index in [0.29, 0.717) is 17.1 Å². The molecule has 1 aromatic carbocycles. The third-order valence-electron chi connectivity index (χ3n) is 6.70. The molecule has 3 N–H and O–H groups in total. The number of fused-ring (bicyclic) bond motifs is 1. The average Bonchev–Trinajstić information content (AvgIpc) is 3.36. The number of hydrogen-bond donors (Lipinski definition) is 2. The fraction of sp³-hybridized carbons (Fsp3) is 0.233. The second-order valence-corrected chi connectivity index (χ2v) is 9.30. The highest BCUT2D eigenvalue weighted by Gasteiger charge is 2.22. The minimum Gasteiger partial charge on any atom is -0.497 e. The summed E-state index contributed by atoms with van der Waals surface area (Å²) >= 11 is 0. The first kappa shape index (κ1) is 28.0. The summed E-state index contributed by atoms with van der Waals surface area (Å²) in [5, 5.41) is 12.9. The Morgan fingerprint density at radius 3 is 2.70 bits per heavy atom. The van der Waals surface area contributed by atoms with Crippen LogP contribution in [-0.4, -0.2) is 39.6 Å². The minimum atomic E-state index is -0.729. The largest absolute Gasteiger partial charge is 0.497 e. The maximum absolute atomic E-state index is 12.6. The Morgan fingerprint density at radius 1 is 1.20 bits per heavy atom. The Balaban J connectivity index is 1.80. The average molecular weight is 539 g/mol. The van der Waals surface area contributed by atoms with Crippen LogP contribution in [0.15, 0.2) is 67.6 Å². The van der Waals surface area contributed by atoms with Crippen LogP contribution in [-0.2, 0) is 21.1 Å². The van der Waals surface area contributed by atoms with Gasteiger partial charge in [-0.25, -0.2) is 9.97 Å². The molecular weight excluding hydrogens is 508 g/mol. The van der Waals surface area contributed by atoms with Crippen molar-refractivity contribution in [3.63, 3.8) is 0 Å². The highest BCUT2D eigenvalue weighted by molar-refractivity contribution is 6.00. The zero-order valence-corrected chi connectivity index (χ0v) is 22.5. The number of methoxy groups -OCH3 is 1. The molecule has 1 amide bonds. The van der Waals surface area contributed by atoms with Gasteiger partial charge >= 0.3 is 5.97 Å². The van der Waals surface area contributed by atoms with Crippen LogP contribution < -0.4 is 15.8 Å². The summed E-state index contributed by atoms with van der Waals surface area (Å²) in [6.07, 6.45) is 7.02. The molecule has 10 heteroatoms. The number of nitrogens with two attached hydrogens (primary N) is 1. The van der Waals surface area contributed by atoms with Crippen LogP contribution in [0.2, 0.25) is 0 Å². The Morgan fingerprint density at radius 2 is 2.00 bits per heavy atom. The molecule has 0 saturated heterocycles. The van der Waals surface area contributed by atoms with Crippen molar-refractivity contribution in [2.24, 2.45) is 11.7 Å². The van der Waals surface area contributed by atoms with Gasteiger partial charge in [-0.2, -0.15) is 5.26 Å². The van der Waals surface area contributed by atoms with Crippen molar-refractivity contribution in [2.45, 2.75) is 33.0 Å².